The molecule has 0 spiro atoms. The summed E-state index contributed by atoms with van der Waals surface area (Å²) in [7, 11) is 0. The molecule has 24 heavy (non-hydrogen) atoms. The van der Waals surface area contributed by atoms with E-state index in [0.717, 1.165) is 5.56 Å². The lowest BCUT2D eigenvalue weighted by atomic mass is 10.1. The molecule has 0 unspecified atom stereocenters. The summed E-state index contributed by atoms with van der Waals surface area (Å²) in [6, 6.07) is 13.6. The highest BCUT2D eigenvalue weighted by Crippen LogP contribution is 2.18. The summed E-state index contributed by atoms with van der Waals surface area (Å²) in [6.07, 6.45) is 0. The molecular formula is C18H17N3O3. The lowest BCUT2D eigenvalue weighted by Gasteiger charge is -2.07. The molecule has 2 N–H and O–H groups in total. The number of hydrazone groups is 1. The van der Waals surface area contributed by atoms with Gasteiger partial charge in [0.2, 0.25) is 0 Å². The molecule has 6 heteroatoms. The second-order valence-electron chi connectivity index (χ2n) is 5.18. The van der Waals surface area contributed by atoms with Crippen molar-refractivity contribution in [2.75, 3.05) is 6.61 Å². The zero-order chi connectivity index (χ0) is 17.5. The van der Waals surface area contributed by atoms with E-state index in [1.54, 1.807) is 49.4 Å². The monoisotopic (exact) mass is 323 g/mol. The molecule has 122 valence electrons. The Hall–Kier alpha value is -3.33. The summed E-state index contributed by atoms with van der Waals surface area (Å²) in [5.74, 6) is 0.164. The molecule has 0 fully saturated rings. The van der Waals surface area contributed by atoms with Gasteiger partial charge in [0.15, 0.2) is 6.61 Å². The van der Waals surface area contributed by atoms with Crippen LogP contribution >= 0.6 is 0 Å². The molecule has 0 aliphatic heterocycles. The molecule has 6 nitrogen and oxygen atoms in total. The van der Waals surface area contributed by atoms with Crippen molar-refractivity contribution in [3.63, 3.8) is 0 Å². The molecule has 2 rings (SSSR count). The maximum absolute atomic E-state index is 11.8. The van der Waals surface area contributed by atoms with E-state index in [9.17, 15) is 9.90 Å². The molecule has 0 bridgehead atoms. The van der Waals surface area contributed by atoms with Gasteiger partial charge in [0.1, 0.15) is 11.5 Å². The van der Waals surface area contributed by atoms with Crippen molar-refractivity contribution in [1.82, 2.24) is 5.43 Å². The van der Waals surface area contributed by atoms with Crippen LogP contribution in [0.25, 0.3) is 0 Å². The number of nitriles is 1. The highest BCUT2D eigenvalue weighted by atomic mass is 16.5. The molecule has 0 aliphatic rings. The summed E-state index contributed by atoms with van der Waals surface area (Å²) in [4.78, 5) is 11.8. The van der Waals surface area contributed by atoms with Gasteiger partial charge in [-0.15, -0.1) is 0 Å². The van der Waals surface area contributed by atoms with Crippen molar-refractivity contribution in [2.24, 2.45) is 5.10 Å². The van der Waals surface area contributed by atoms with Crippen LogP contribution in [0.2, 0.25) is 0 Å². The second kappa shape index (κ2) is 7.79. The quantitative estimate of drug-likeness (QED) is 0.653. The Labute approximate surface area is 140 Å². The van der Waals surface area contributed by atoms with Gasteiger partial charge in [0.25, 0.3) is 5.91 Å². The molecule has 0 radical (unpaired) electrons. The van der Waals surface area contributed by atoms with Crippen LogP contribution < -0.4 is 10.2 Å². The molecule has 2 aromatic carbocycles. The Balaban J connectivity index is 1.92. The van der Waals surface area contributed by atoms with Crippen LogP contribution in [0.1, 0.15) is 23.6 Å². The molecule has 0 atom stereocenters. The van der Waals surface area contributed by atoms with Crippen LogP contribution in [0.5, 0.6) is 11.5 Å². The highest BCUT2D eigenvalue weighted by molar-refractivity contribution is 6.01. The molecule has 1 amide bonds. The van der Waals surface area contributed by atoms with Crippen LogP contribution in [0.3, 0.4) is 0 Å². The van der Waals surface area contributed by atoms with E-state index in [-0.39, 0.29) is 12.4 Å². The van der Waals surface area contributed by atoms with Gasteiger partial charge in [0.05, 0.1) is 17.3 Å². The van der Waals surface area contributed by atoms with E-state index >= 15 is 0 Å². The number of carbonyl (C=O) groups is 1. The lowest BCUT2D eigenvalue weighted by molar-refractivity contribution is -0.123. The number of aromatic hydroxyl groups is 1. The lowest BCUT2D eigenvalue weighted by Crippen LogP contribution is -2.25. The van der Waals surface area contributed by atoms with E-state index in [0.29, 0.717) is 22.6 Å². The van der Waals surface area contributed by atoms with Crippen LogP contribution in [-0.2, 0) is 4.79 Å². The number of phenolic OH excluding ortho intramolecular Hbond substituents is 1. The van der Waals surface area contributed by atoms with Crippen LogP contribution in [-0.4, -0.2) is 23.3 Å². The molecule has 0 aromatic heterocycles. The molecule has 0 saturated heterocycles. The van der Waals surface area contributed by atoms with Gasteiger partial charge in [-0.05, 0) is 50.2 Å². The number of hydrogen-bond donors (Lipinski definition) is 2. The third kappa shape index (κ3) is 4.58. The van der Waals surface area contributed by atoms with E-state index in [4.69, 9.17) is 10.00 Å². The number of nitrogens with one attached hydrogen (secondary N) is 1. The average molecular weight is 323 g/mol. The van der Waals surface area contributed by atoms with Gasteiger partial charge in [0, 0.05) is 5.56 Å². The van der Waals surface area contributed by atoms with E-state index in [1.807, 2.05) is 13.0 Å². The minimum atomic E-state index is -0.425. The normalized spacial score (nSPS) is 10.8. The van der Waals surface area contributed by atoms with Gasteiger partial charge in [-0.1, -0.05) is 11.6 Å². The first kappa shape index (κ1) is 17.0. The second-order valence-corrected chi connectivity index (χ2v) is 5.18. The van der Waals surface area contributed by atoms with Gasteiger partial charge < -0.3 is 9.84 Å². The smallest absolute Gasteiger partial charge is 0.277 e. The number of amides is 1. The number of rotatable bonds is 5. The molecule has 0 heterocycles. The Morgan fingerprint density at radius 1 is 1.29 bits per heavy atom. The van der Waals surface area contributed by atoms with Crippen LogP contribution in [0.15, 0.2) is 47.6 Å². The zero-order valence-electron chi connectivity index (χ0n) is 13.4. The van der Waals surface area contributed by atoms with E-state index in [2.05, 4.69) is 10.5 Å². The fourth-order valence-electron chi connectivity index (χ4n) is 1.95. The van der Waals surface area contributed by atoms with Crippen molar-refractivity contribution < 1.29 is 14.6 Å². The number of carbonyl (C=O) groups excluding carboxylic acids is 1. The molecule has 0 aliphatic carbocycles. The number of aryl methyl sites for hydroxylation is 1. The van der Waals surface area contributed by atoms with Crippen molar-refractivity contribution in [1.29, 1.82) is 5.26 Å². The van der Waals surface area contributed by atoms with Crippen LogP contribution in [0.4, 0.5) is 0 Å². The van der Waals surface area contributed by atoms with E-state index < -0.39 is 5.91 Å². The molecule has 2 aromatic rings. The van der Waals surface area contributed by atoms with Crippen LogP contribution in [0, 0.1) is 18.3 Å². The first-order chi connectivity index (χ1) is 11.5. The maximum Gasteiger partial charge on any atom is 0.277 e. The number of nitrogens with zero attached hydrogens (tertiary/aromatic N) is 2. The fraction of sp³-hybridized carbons (Fsp3) is 0.167. The SMILES string of the molecule is C/C(=N\NC(=O)COc1ccc(C#N)cc1)c1cc(C)ccc1O. The van der Waals surface area contributed by atoms with Crippen molar-refractivity contribution in [2.45, 2.75) is 13.8 Å². The summed E-state index contributed by atoms with van der Waals surface area (Å²) in [5.41, 5.74) is 4.93. The number of hydrogen-bond acceptors (Lipinski definition) is 5. The first-order valence-corrected chi connectivity index (χ1v) is 7.25. The third-order valence-corrected chi connectivity index (χ3v) is 3.24. The molecule has 0 saturated carbocycles. The standard InChI is InChI=1S/C18H17N3O3/c1-12-3-8-17(22)16(9-12)13(2)20-21-18(23)11-24-15-6-4-14(10-19)5-7-15/h3-9,22H,11H2,1-2H3,(H,21,23)/b20-13+. The highest BCUT2D eigenvalue weighted by Gasteiger charge is 2.07. The average Bonchev–Trinajstić information content (AvgIpc) is 2.60. The van der Waals surface area contributed by atoms with Gasteiger partial charge in [-0.25, -0.2) is 5.43 Å². The summed E-state index contributed by atoms with van der Waals surface area (Å²) in [5, 5.41) is 22.5. The van der Waals surface area contributed by atoms with Gasteiger partial charge in [-0.3, -0.25) is 4.79 Å². The summed E-state index contributed by atoms with van der Waals surface area (Å²) >= 11 is 0. The zero-order valence-corrected chi connectivity index (χ0v) is 13.4. The van der Waals surface area contributed by atoms with Gasteiger partial charge >= 0.3 is 0 Å². The molecular weight excluding hydrogens is 306 g/mol. The predicted molar refractivity (Wildman–Crippen MR) is 89.8 cm³/mol. The summed E-state index contributed by atoms with van der Waals surface area (Å²) in [6.45, 7) is 3.39. The predicted octanol–water partition coefficient (Wildman–Crippen LogP) is 2.49. The Kier molecular flexibility index (Phi) is 5.53. The van der Waals surface area contributed by atoms with Crippen molar-refractivity contribution >= 4 is 11.6 Å². The Bertz CT molecular complexity index is 805. The largest absolute Gasteiger partial charge is 0.507 e. The summed E-state index contributed by atoms with van der Waals surface area (Å²) < 4.78 is 5.31. The Morgan fingerprint density at radius 2 is 2.00 bits per heavy atom. The topological polar surface area (TPSA) is 94.7 Å². The van der Waals surface area contributed by atoms with Gasteiger partial charge in [-0.2, -0.15) is 10.4 Å². The minimum absolute atomic E-state index is 0.102. The van der Waals surface area contributed by atoms with Crippen molar-refractivity contribution in [3.8, 4) is 17.6 Å². The first-order valence-electron chi connectivity index (χ1n) is 7.25. The van der Waals surface area contributed by atoms with Crippen molar-refractivity contribution in [3.05, 3.63) is 59.2 Å². The minimum Gasteiger partial charge on any atom is -0.507 e. The van der Waals surface area contributed by atoms with E-state index in [1.165, 1.54) is 0 Å². The fourth-order valence-corrected chi connectivity index (χ4v) is 1.95. The number of benzene rings is 2. The Morgan fingerprint density at radius 3 is 2.67 bits per heavy atom. The maximum atomic E-state index is 11.8. The third-order valence-electron chi connectivity index (χ3n) is 3.24. The number of ether oxygens (including phenoxy) is 1. The number of phenols is 1.